The van der Waals surface area contributed by atoms with Gasteiger partial charge in [-0.05, 0) is 74.1 Å². The van der Waals surface area contributed by atoms with Crippen molar-refractivity contribution in [2.24, 2.45) is 0 Å². The van der Waals surface area contributed by atoms with Crippen molar-refractivity contribution < 1.29 is 9.53 Å². The molecule has 1 unspecified atom stereocenters. The molecule has 0 heterocycles. The Bertz CT molecular complexity index is 691. The Morgan fingerprint density at radius 3 is 2.61 bits per heavy atom. The average Bonchev–Trinajstić information content (AvgIpc) is 3.03. The molecule has 120 valence electrons. The van der Waals surface area contributed by atoms with Crippen LogP contribution in [0.1, 0.15) is 53.4 Å². The van der Waals surface area contributed by atoms with Crippen LogP contribution < -0.4 is 10.1 Å². The molecule has 0 aliphatic heterocycles. The van der Waals surface area contributed by atoms with Gasteiger partial charge in [0.15, 0.2) is 0 Å². The maximum atomic E-state index is 12.4. The van der Waals surface area contributed by atoms with E-state index in [2.05, 4.69) is 23.5 Å². The minimum atomic E-state index is -0.0546. The molecule has 1 amide bonds. The van der Waals surface area contributed by atoms with E-state index in [4.69, 9.17) is 4.74 Å². The lowest BCUT2D eigenvalue weighted by atomic mass is 10.0. The van der Waals surface area contributed by atoms with E-state index < -0.39 is 0 Å². The number of aryl methyl sites for hydroxylation is 2. The zero-order valence-electron chi connectivity index (χ0n) is 13.8. The van der Waals surface area contributed by atoms with Gasteiger partial charge in [-0.3, -0.25) is 4.79 Å². The number of hydrogen-bond donors (Lipinski definition) is 1. The van der Waals surface area contributed by atoms with Gasteiger partial charge in [0.05, 0.1) is 12.6 Å². The number of amides is 1. The van der Waals surface area contributed by atoms with Gasteiger partial charge >= 0.3 is 0 Å². The van der Waals surface area contributed by atoms with E-state index in [1.54, 1.807) is 12.1 Å². The van der Waals surface area contributed by atoms with Gasteiger partial charge < -0.3 is 10.1 Å². The van der Waals surface area contributed by atoms with Crippen LogP contribution in [0.3, 0.4) is 0 Å². The van der Waals surface area contributed by atoms with E-state index in [9.17, 15) is 4.79 Å². The van der Waals surface area contributed by atoms with Crippen molar-refractivity contribution in [1.82, 2.24) is 5.32 Å². The molecule has 0 aromatic heterocycles. The maximum absolute atomic E-state index is 12.4. The molecule has 0 saturated carbocycles. The summed E-state index contributed by atoms with van der Waals surface area (Å²) in [6.07, 6.45) is 3.58. The number of hydrogen-bond acceptors (Lipinski definition) is 2. The first-order chi connectivity index (χ1) is 11.2. The van der Waals surface area contributed by atoms with E-state index in [-0.39, 0.29) is 11.9 Å². The first-order valence-corrected chi connectivity index (χ1v) is 8.33. The van der Waals surface area contributed by atoms with Crippen LogP contribution in [0.25, 0.3) is 0 Å². The fraction of sp³-hybridized carbons (Fsp3) is 0.350. The molecule has 2 aromatic carbocycles. The number of nitrogens with one attached hydrogen (secondary N) is 1. The van der Waals surface area contributed by atoms with E-state index in [1.807, 2.05) is 26.0 Å². The highest BCUT2D eigenvalue weighted by Crippen LogP contribution is 2.25. The molecule has 0 saturated heterocycles. The van der Waals surface area contributed by atoms with Crippen molar-refractivity contribution in [1.29, 1.82) is 0 Å². The Kier molecular flexibility index (Phi) is 4.65. The summed E-state index contributed by atoms with van der Waals surface area (Å²) in [7, 11) is 0. The molecule has 0 spiro atoms. The van der Waals surface area contributed by atoms with Crippen molar-refractivity contribution in [3.8, 4) is 5.75 Å². The summed E-state index contributed by atoms with van der Waals surface area (Å²) < 4.78 is 5.40. The highest BCUT2D eigenvalue weighted by Gasteiger charge is 2.15. The van der Waals surface area contributed by atoms with Crippen LogP contribution in [0.4, 0.5) is 0 Å². The predicted molar refractivity (Wildman–Crippen MR) is 92.0 cm³/mol. The number of ether oxygens (including phenoxy) is 1. The third-order valence-electron chi connectivity index (χ3n) is 4.40. The van der Waals surface area contributed by atoms with Crippen molar-refractivity contribution in [2.75, 3.05) is 6.61 Å². The summed E-state index contributed by atoms with van der Waals surface area (Å²) in [6.45, 7) is 4.60. The summed E-state index contributed by atoms with van der Waals surface area (Å²) in [5, 5.41) is 3.08. The molecule has 0 radical (unpaired) electrons. The van der Waals surface area contributed by atoms with Crippen LogP contribution in [0.15, 0.2) is 42.5 Å². The lowest BCUT2D eigenvalue weighted by Crippen LogP contribution is -2.26. The highest BCUT2D eigenvalue weighted by atomic mass is 16.5. The van der Waals surface area contributed by atoms with Crippen molar-refractivity contribution in [2.45, 2.75) is 39.2 Å². The minimum absolute atomic E-state index is 0.0000293. The number of fused-ring (bicyclic) bond motifs is 1. The van der Waals surface area contributed by atoms with Gasteiger partial charge in [0.25, 0.3) is 5.91 Å². The largest absolute Gasteiger partial charge is 0.494 e. The van der Waals surface area contributed by atoms with Gasteiger partial charge in [-0.15, -0.1) is 0 Å². The fourth-order valence-corrected chi connectivity index (χ4v) is 3.09. The summed E-state index contributed by atoms with van der Waals surface area (Å²) >= 11 is 0. The standard InChI is InChI=1S/C20H23NO2/c1-3-23-19-11-9-16(10-12-19)20(22)21-14(2)17-8-7-15-5-4-6-18(15)13-17/h7-14H,3-6H2,1-2H3,(H,21,22). The summed E-state index contributed by atoms with van der Waals surface area (Å²) in [6, 6.07) is 13.8. The third-order valence-corrected chi connectivity index (χ3v) is 4.40. The number of carbonyl (C=O) groups excluding carboxylic acids is 1. The van der Waals surface area contributed by atoms with Crippen LogP contribution in [0.5, 0.6) is 5.75 Å². The van der Waals surface area contributed by atoms with Gasteiger partial charge in [0.2, 0.25) is 0 Å². The first-order valence-electron chi connectivity index (χ1n) is 8.33. The summed E-state index contributed by atoms with van der Waals surface area (Å²) in [5.74, 6) is 0.733. The normalized spacial score (nSPS) is 14.2. The average molecular weight is 309 g/mol. The van der Waals surface area contributed by atoms with E-state index in [1.165, 1.54) is 29.5 Å². The SMILES string of the molecule is CCOc1ccc(C(=O)NC(C)c2ccc3c(c2)CCC3)cc1. The maximum Gasteiger partial charge on any atom is 0.251 e. The number of benzene rings is 2. The van der Waals surface area contributed by atoms with E-state index in [0.29, 0.717) is 12.2 Å². The van der Waals surface area contributed by atoms with Gasteiger partial charge in [-0.2, -0.15) is 0 Å². The van der Waals surface area contributed by atoms with Crippen LogP contribution in [-0.2, 0) is 12.8 Å². The van der Waals surface area contributed by atoms with Crippen LogP contribution in [0.2, 0.25) is 0 Å². The van der Waals surface area contributed by atoms with Crippen LogP contribution >= 0.6 is 0 Å². The molecule has 0 fully saturated rings. The Labute approximate surface area is 137 Å². The second kappa shape index (κ2) is 6.86. The van der Waals surface area contributed by atoms with Gasteiger partial charge in [-0.1, -0.05) is 18.2 Å². The molecule has 0 bridgehead atoms. The molecule has 1 N–H and O–H groups in total. The molecule has 1 atom stereocenters. The lowest BCUT2D eigenvalue weighted by molar-refractivity contribution is 0.0940. The molecular weight excluding hydrogens is 286 g/mol. The Morgan fingerprint density at radius 2 is 1.87 bits per heavy atom. The number of carbonyl (C=O) groups is 1. The Balaban J connectivity index is 1.67. The van der Waals surface area contributed by atoms with Gasteiger partial charge in [-0.25, -0.2) is 0 Å². The zero-order chi connectivity index (χ0) is 16.2. The summed E-state index contributed by atoms with van der Waals surface area (Å²) in [4.78, 5) is 12.4. The third kappa shape index (κ3) is 3.55. The van der Waals surface area contributed by atoms with Crippen LogP contribution in [0, 0.1) is 0 Å². The molecule has 1 aliphatic rings. The smallest absolute Gasteiger partial charge is 0.251 e. The van der Waals surface area contributed by atoms with Crippen molar-refractivity contribution in [3.63, 3.8) is 0 Å². The topological polar surface area (TPSA) is 38.3 Å². The zero-order valence-corrected chi connectivity index (χ0v) is 13.8. The van der Waals surface area contributed by atoms with E-state index >= 15 is 0 Å². The predicted octanol–water partition coefficient (Wildman–Crippen LogP) is 4.07. The summed E-state index contributed by atoms with van der Waals surface area (Å²) in [5.41, 5.74) is 4.72. The molecule has 2 aromatic rings. The Morgan fingerprint density at radius 1 is 1.13 bits per heavy atom. The molecule has 3 heteroatoms. The Hall–Kier alpha value is -2.29. The second-order valence-corrected chi connectivity index (χ2v) is 6.03. The molecule has 23 heavy (non-hydrogen) atoms. The second-order valence-electron chi connectivity index (χ2n) is 6.03. The molecule has 3 rings (SSSR count). The monoisotopic (exact) mass is 309 g/mol. The quantitative estimate of drug-likeness (QED) is 0.904. The highest BCUT2D eigenvalue weighted by molar-refractivity contribution is 5.94. The molecular formula is C20H23NO2. The molecule has 3 nitrogen and oxygen atoms in total. The molecule has 1 aliphatic carbocycles. The van der Waals surface area contributed by atoms with Gasteiger partial charge in [0.1, 0.15) is 5.75 Å². The minimum Gasteiger partial charge on any atom is -0.494 e. The van der Waals surface area contributed by atoms with Crippen molar-refractivity contribution in [3.05, 3.63) is 64.7 Å². The van der Waals surface area contributed by atoms with Crippen molar-refractivity contribution >= 4 is 5.91 Å². The first kappa shape index (κ1) is 15.6. The lowest BCUT2D eigenvalue weighted by Gasteiger charge is -2.16. The van der Waals surface area contributed by atoms with Gasteiger partial charge in [0, 0.05) is 5.56 Å². The van der Waals surface area contributed by atoms with E-state index in [0.717, 1.165) is 12.2 Å². The number of rotatable bonds is 5. The fourth-order valence-electron chi connectivity index (χ4n) is 3.09. The van der Waals surface area contributed by atoms with Crippen LogP contribution in [-0.4, -0.2) is 12.5 Å².